The fraction of sp³-hybridized carbons (Fsp3) is 0.583. The molecule has 0 aliphatic heterocycles. The predicted octanol–water partition coefficient (Wildman–Crippen LogP) is 1.58. The van der Waals surface area contributed by atoms with Crippen LogP contribution in [0.5, 0.6) is 0 Å². The van der Waals surface area contributed by atoms with Gasteiger partial charge >= 0.3 is 5.97 Å². The van der Waals surface area contributed by atoms with Gasteiger partial charge in [-0.2, -0.15) is 0 Å². The first-order valence-electron chi connectivity index (χ1n) is 6.20. The SMILES string of the molecule is CCCCC(C)NS(=O)(=O)c1cc(C(=O)O)n(C)c1. The standard InChI is InChI=1S/C12H20N2O4S/c1-4-5-6-9(2)13-19(17,18)10-7-11(12(15)16)14(3)8-10/h7-9,13H,4-6H2,1-3H3,(H,15,16). The van der Waals surface area contributed by atoms with Crippen molar-refractivity contribution in [3.63, 3.8) is 0 Å². The Labute approximate surface area is 113 Å². The molecule has 0 aliphatic rings. The summed E-state index contributed by atoms with van der Waals surface area (Å²) in [5.41, 5.74) is -0.0541. The number of hydrogen-bond donors (Lipinski definition) is 2. The van der Waals surface area contributed by atoms with Crippen LogP contribution in [0.15, 0.2) is 17.2 Å². The van der Waals surface area contributed by atoms with E-state index in [1.165, 1.54) is 17.8 Å². The molecule has 1 aromatic heterocycles. The number of carboxylic acids is 1. The third-order valence-corrected chi connectivity index (χ3v) is 4.41. The van der Waals surface area contributed by atoms with Crippen LogP contribution in [0.1, 0.15) is 43.6 Å². The second kappa shape index (κ2) is 6.21. The Balaban J connectivity index is 2.89. The molecule has 0 fully saturated rings. The van der Waals surface area contributed by atoms with Crippen LogP contribution in [0.25, 0.3) is 0 Å². The van der Waals surface area contributed by atoms with Crippen molar-refractivity contribution in [3.05, 3.63) is 18.0 Å². The summed E-state index contributed by atoms with van der Waals surface area (Å²) >= 11 is 0. The quantitative estimate of drug-likeness (QED) is 0.797. The van der Waals surface area contributed by atoms with Gasteiger partial charge in [-0.15, -0.1) is 0 Å². The van der Waals surface area contributed by atoms with Gasteiger partial charge in [-0.25, -0.2) is 17.9 Å². The first-order chi connectivity index (χ1) is 8.77. The number of aromatic carboxylic acids is 1. The zero-order valence-corrected chi connectivity index (χ0v) is 12.2. The topological polar surface area (TPSA) is 88.4 Å². The molecule has 2 N–H and O–H groups in total. The molecule has 1 unspecified atom stereocenters. The van der Waals surface area contributed by atoms with Crippen molar-refractivity contribution < 1.29 is 18.3 Å². The molecule has 0 spiro atoms. The van der Waals surface area contributed by atoms with Crippen molar-refractivity contribution >= 4 is 16.0 Å². The van der Waals surface area contributed by atoms with Gasteiger partial charge in [0, 0.05) is 19.3 Å². The zero-order chi connectivity index (χ0) is 14.6. The molecule has 0 saturated heterocycles. The normalized spacial score (nSPS) is 13.4. The van der Waals surface area contributed by atoms with Gasteiger partial charge in [0.05, 0.1) is 0 Å². The minimum atomic E-state index is -3.66. The number of aryl methyl sites for hydroxylation is 1. The Morgan fingerprint density at radius 1 is 1.53 bits per heavy atom. The fourth-order valence-electron chi connectivity index (χ4n) is 1.80. The van der Waals surface area contributed by atoms with E-state index in [1.54, 1.807) is 6.92 Å². The van der Waals surface area contributed by atoms with E-state index in [2.05, 4.69) is 4.72 Å². The molecule has 0 saturated carbocycles. The summed E-state index contributed by atoms with van der Waals surface area (Å²) in [6, 6.07) is 0.996. The molecule has 0 aliphatic carbocycles. The van der Waals surface area contributed by atoms with E-state index in [0.29, 0.717) is 0 Å². The summed E-state index contributed by atoms with van der Waals surface area (Å²) < 4.78 is 28.0. The number of rotatable bonds is 7. The molecule has 0 amide bonds. The molecule has 1 heterocycles. The van der Waals surface area contributed by atoms with Gasteiger partial charge in [-0.05, 0) is 19.4 Å². The molecular weight excluding hydrogens is 268 g/mol. The lowest BCUT2D eigenvalue weighted by Crippen LogP contribution is -2.32. The van der Waals surface area contributed by atoms with E-state index >= 15 is 0 Å². The summed E-state index contributed by atoms with van der Waals surface area (Å²) in [6.45, 7) is 3.84. The van der Waals surface area contributed by atoms with E-state index in [4.69, 9.17) is 5.11 Å². The van der Waals surface area contributed by atoms with Crippen molar-refractivity contribution in [1.29, 1.82) is 0 Å². The zero-order valence-electron chi connectivity index (χ0n) is 11.4. The Hall–Kier alpha value is -1.34. The molecule has 19 heavy (non-hydrogen) atoms. The summed E-state index contributed by atoms with van der Waals surface area (Å²) in [6.07, 6.45) is 4.01. The number of nitrogens with zero attached hydrogens (tertiary/aromatic N) is 1. The third-order valence-electron chi connectivity index (χ3n) is 2.86. The second-order valence-electron chi connectivity index (χ2n) is 4.64. The number of sulfonamides is 1. The number of nitrogens with one attached hydrogen (secondary N) is 1. The van der Waals surface area contributed by atoms with Gasteiger partial charge in [0.25, 0.3) is 0 Å². The highest BCUT2D eigenvalue weighted by molar-refractivity contribution is 7.89. The third kappa shape index (κ3) is 4.07. The summed E-state index contributed by atoms with van der Waals surface area (Å²) in [5, 5.41) is 8.91. The molecule has 1 rings (SSSR count). The predicted molar refractivity (Wildman–Crippen MR) is 71.7 cm³/mol. The number of carboxylic acid groups (broad SMARTS) is 1. The largest absolute Gasteiger partial charge is 0.477 e. The van der Waals surface area contributed by atoms with Crippen molar-refractivity contribution in [3.8, 4) is 0 Å². The maximum Gasteiger partial charge on any atom is 0.352 e. The minimum Gasteiger partial charge on any atom is -0.477 e. The van der Waals surface area contributed by atoms with E-state index in [1.807, 2.05) is 6.92 Å². The van der Waals surface area contributed by atoms with Gasteiger partial charge in [-0.3, -0.25) is 0 Å². The average molecular weight is 288 g/mol. The number of aromatic nitrogens is 1. The highest BCUT2D eigenvalue weighted by Gasteiger charge is 2.21. The van der Waals surface area contributed by atoms with E-state index < -0.39 is 16.0 Å². The average Bonchev–Trinajstić information content (AvgIpc) is 2.69. The molecule has 108 valence electrons. The van der Waals surface area contributed by atoms with Crippen molar-refractivity contribution in [2.45, 2.75) is 44.0 Å². The lowest BCUT2D eigenvalue weighted by atomic mass is 10.2. The molecule has 0 bridgehead atoms. The van der Waals surface area contributed by atoms with Crippen molar-refractivity contribution in [1.82, 2.24) is 9.29 Å². The first kappa shape index (κ1) is 15.7. The van der Waals surface area contributed by atoms with Crippen molar-refractivity contribution in [2.24, 2.45) is 7.05 Å². The fourth-order valence-corrected chi connectivity index (χ4v) is 3.14. The minimum absolute atomic E-state index is 0.0178. The highest BCUT2D eigenvalue weighted by Crippen LogP contribution is 2.14. The molecule has 1 aromatic rings. The first-order valence-corrected chi connectivity index (χ1v) is 7.68. The van der Waals surface area contributed by atoms with E-state index in [0.717, 1.165) is 25.3 Å². The Kier molecular flexibility index (Phi) is 5.13. The van der Waals surface area contributed by atoms with Crippen LogP contribution in [-0.2, 0) is 17.1 Å². The Bertz CT molecular complexity index is 548. The molecular formula is C12H20N2O4S. The van der Waals surface area contributed by atoms with Crippen molar-refractivity contribution in [2.75, 3.05) is 0 Å². The van der Waals surface area contributed by atoms with Crippen LogP contribution in [0.2, 0.25) is 0 Å². The number of unbranched alkanes of at least 4 members (excludes halogenated alkanes) is 1. The molecule has 0 radical (unpaired) electrons. The lowest BCUT2D eigenvalue weighted by molar-refractivity contribution is 0.0686. The second-order valence-corrected chi connectivity index (χ2v) is 6.36. The van der Waals surface area contributed by atoms with Crippen LogP contribution in [0.3, 0.4) is 0 Å². The van der Waals surface area contributed by atoms with Gasteiger partial charge < -0.3 is 9.67 Å². The van der Waals surface area contributed by atoms with E-state index in [-0.39, 0.29) is 16.6 Å². The summed E-state index contributed by atoms with van der Waals surface area (Å²) in [4.78, 5) is 10.9. The van der Waals surface area contributed by atoms with Gasteiger partial charge in [0.2, 0.25) is 10.0 Å². The lowest BCUT2D eigenvalue weighted by Gasteiger charge is -2.12. The van der Waals surface area contributed by atoms with E-state index in [9.17, 15) is 13.2 Å². The summed E-state index contributed by atoms with van der Waals surface area (Å²) in [5.74, 6) is -1.15. The van der Waals surface area contributed by atoms with Crippen LogP contribution < -0.4 is 4.72 Å². The van der Waals surface area contributed by atoms with Crippen LogP contribution in [0, 0.1) is 0 Å². The maximum atomic E-state index is 12.1. The summed E-state index contributed by atoms with van der Waals surface area (Å²) in [7, 11) is -2.16. The van der Waals surface area contributed by atoms with Crippen LogP contribution >= 0.6 is 0 Å². The van der Waals surface area contributed by atoms with Gasteiger partial charge in [0.15, 0.2) is 0 Å². The molecule has 6 nitrogen and oxygen atoms in total. The van der Waals surface area contributed by atoms with Crippen LogP contribution in [-0.4, -0.2) is 30.1 Å². The molecule has 1 atom stereocenters. The smallest absolute Gasteiger partial charge is 0.352 e. The Morgan fingerprint density at radius 2 is 2.16 bits per heavy atom. The number of carbonyl (C=O) groups is 1. The van der Waals surface area contributed by atoms with Crippen LogP contribution in [0.4, 0.5) is 0 Å². The molecule has 7 heteroatoms. The maximum absolute atomic E-state index is 12.1. The van der Waals surface area contributed by atoms with Gasteiger partial charge in [-0.1, -0.05) is 19.8 Å². The Morgan fingerprint density at radius 3 is 2.63 bits per heavy atom. The number of hydrogen-bond acceptors (Lipinski definition) is 3. The highest BCUT2D eigenvalue weighted by atomic mass is 32.2. The van der Waals surface area contributed by atoms with Gasteiger partial charge in [0.1, 0.15) is 10.6 Å². The molecule has 0 aromatic carbocycles. The monoisotopic (exact) mass is 288 g/mol.